The second-order valence-electron chi connectivity index (χ2n) is 4.75. The standard InChI is InChI=1S/C15H24ClNO/c1-5-11(3)9-14(17-6-2)13-10-12(16)7-8-15(13)18-4/h7-8,10-11,14,17H,5-6,9H2,1-4H3. The van der Waals surface area contributed by atoms with Gasteiger partial charge in [-0.1, -0.05) is 38.8 Å². The van der Waals surface area contributed by atoms with E-state index in [0.717, 1.165) is 29.3 Å². The molecule has 0 bridgehead atoms. The Hall–Kier alpha value is -0.730. The average molecular weight is 270 g/mol. The van der Waals surface area contributed by atoms with Crippen LogP contribution in [0, 0.1) is 5.92 Å². The summed E-state index contributed by atoms with van der Waals surface area (Å²) in [5.74, 6) is 1.59. The van der Waals surface area contributed by atoms with Gasteiger partial charge in [0.15, 0.2) is 0 Å². The lowest BCUT2D eigenvalue weighted by Gasteiger charge is -2.23. The fraction of sp³-hybridized carbons (Fsp3) is 0.600. The van der Waals surface area contributed by atoms with Crippen molar-refractivity contribution < 1.29 is 4.74 Å². The van der Waals surface area contributed by atoms with Crippen LogP contribution in [0.1, 0.15) is 45.2 Å². The summed E-state index contributed by atoms with van der Waals surface area (Å²) in [7, 11) is 1.71. The Labute approximate surface area is 116 Å². The van der Waals surface area contributed by atoms with E-state index in [1.54, 1.807) is 7.11 Å². The third kappa shape index (κ3) is 4.18. The lowest BCUT2D eigenvalue weighted by molar-refractivity contribution is 0.374. The van der Waals surface area contributed by atoms with Crippen LogP contribution in [-0.4, -0.2) is 13.7 Å². The Morgan fingerprint density at radius 1 is 1.33 bits per heavy atom. The summed E-state index contributed by atoms with van der Waals surface area (Å²) in [5.41, 5.74) is 1.16. The second-order valence-corrected chi connectivity index (χ2v) is 5.18. The van der Waals surface area contributed by atoms with Gasteiger partial charge in [-0.05, 0) is 37.1 Å². The van der Waals surface area contributed by atoms with Crippen LogP contribution in [-0.2, 0) is 0 Å². The third-order valence-corrected chi connectivity index (χ3v) is 3.59. The molecule has 0 aromatic heterocycles. The van der Waals surface area contributed by atoms with E-state index in [1.807, 2.05) is 18.2 Å². The normalized spacial score (nSPS) is 14.3. The minimum absolute atomic E-state index is 0.304. The molecule has 3 heteroatoms. The molecule has 0 saturated carbocycles. The van der Waals surface area contributed by atoms with Crippen LogP contribution in [0.3, 0.4) is 0 Å². The Balaban J connectivity index is 2.99. The Bertz CT molecular complexity index is 368. The number of hydrogen-bond acceptors (Lipinski definition) is 2. The summed E-state index contributed by atoms with van der Waals surface area (Å²) >= 11 is 6.11. The summed E-state index contributed by atoms with van der Waals surface area (Å²) in [6.07, 6.45) is 2.28. The van der Waals surface area contributed by atoms with Crippen LogP contribution in [0.2, 0.25) is 5.02 Å². The number of rotatable bonds is 7. The molecule has 0 aliphatic rings. The zero-order valence-electron chi connectivity index (χ0n) is 11.8. The van der Waals surface area contributed by atoms with E-state index in [2.05, 4.69) is 26.1 Å². The molecule has 0 radical (unpaired) electrons. The van der Waals surface area contributed by atoms with Crippen LogP contribution in [0.25, 0.3) is 0 Å². The third-order valence-electron chi connectivity index (χ3n) is 3.35. The summed E-state index contributed by atoms with van der Waals surface area (Å²) in [6.45, 7) is 7.57. The van der Waals surface area contributed by atoms with Gasteiger partial charge in [0.05, 0.1) is 7.11 Å². The molecule has 2 unspecified atom stereocenters. The first-order chi connectivity index (χ1) is 8.62. The molecule has 1 N–H and O–H groups in total. The molecule has 102 valence electrons. The van der Waals surface area contributed by atoms with Crippen LogP contribution in [0.15, 0.2) is 18.2 Å². The molecule has 1 aromatic rings. The maximum Gasteiger partial charge on any atom is 0.123 e. The van der Waals surface area contributed by atoms with Gasteiger partial charge >= 0.3 is 0 Å². The predicted octanol–water partition coefficient (Wildman–Crippen LogP) is 4.44. The fourth-order valence-corrected chi connectivity index (χ4v) is 2.29. The van der Waals surface area contributed by atoms with Gasteiger partial charge in [-0.2, -0.15) is 0 Å². The first-order valence-corrected chi connectivity index (χ1v) is 7.06. The lowest BCUT2D eigenvalue weighted by atomic mass is 9.93. The summed E-state index contributed by atoms with van der Waals surface area (Å²) < 4.78 is 5.44. The van der Waals surface area contributed by atoms with Crippen molar-refractivity contribution in [2.45, 2.75) is 39.7 Å². The maximum atomic E-state index is 6.11. The second kappa shape index (κ2) is 7.65. The molecule has 0 aliphatic heterocycles. The smallest absolute Gasteiger partial charge is 0.123 e. The van der Waals surface area contributed by atoms with Crippen molar-refractivity contribution in [3.63, 3.8) is 0 Å². The predicted molar refractivity (Wildman–Crippen MR) is 78.5 cm³/mol. The molecule has 2 atom stereocenters. The van der Waals surface area contributed by atoms with Gasteiger partial charge in [-0.15, -0.1) is 0 Å². The van der Waals surface area contributed by atoms with Gasteiger partial charge in [-0.3, -0.25) is 0 Å². The minimum atomic E-state index is 0.304. The zero-order chi connectivity index (χ0) is 13.5. The molecule has 0 amide bonds. The van der Waals surface area contributed by atoms with Gasteiger partial charge in [-0.25, -0.2) is 0 Å². The van der Waals surface area contributed by atoms with E-state index in [4.69, 9.17) is 16.3 Å². The van der Waals surface area contributed by atoms with Crippen molar-refractivity contribution in [2.24, 2.45) is 5.92 Å². The number of ether oxygens (including phenoxy) is 1. The van der Waals surface area contributed by atoms with Gasteiger partial charge in [0.1, 0.15) is 5.75 Å². The van der Waals surface area contributed by atoms with E-state index in [0.29, 0.717) is 12.0 Å². The highest BCUT2D eigenvalue weighted by atomic mass is 35.5. The van der Waals surface area contributed by atoms with E-state index < -0.39 is 0 Å². The van der Waals surface area contributed by atoms with Crippen molar-refractivity contribution in [1.29, 1.82) is 0 Å². The Morgan fingerprint density at radius 3 is 2.61 bits per heavy atom. The van der Waals surface area contributed by atoms with Gasteiger partial charge in [0, 0.05) is 16.6 Å². The molecule has 2 nitrogen and oxygen atoms in total. The number of benzene rings is 1. The molecule has 0 saturated heterocycles. The number of hydrogen-bond donors (Lipinski definition) is 1. The monoisotopic (exact) mass is 269 g/mol. The number of halogens is 1. The average Bonchev–Trinajstić information content (AvgIpc) is 2.38. The SMILES string of the molecule is CCNC(CC(C)CC)c1cc(Cl)ccc1OC. The first kappa shape index (κ1) is 15.3. The van der Waals surface area contributed by atoms with Crippen LogP contribution in [0.4, 0.5) is 0 Å². The molecule has 0 spiro atoms. The largest absolute Gasteiger partial charge is 0.496 e. The number of methoxy groups -OCH3 is 1. The molecule has 0 fully saturated rings. The minimum Gasteiger partial charge on any atom is -0.496 e. The molecule has 1 rings (SSSR count). The van der Waals surface area contributed by atoms with E-state index in [-0.39, 0.29) is 0 Å². The number of nitrogens with one attached hydrogen (secondary N) is 1. The zero-order valence-corrected chi connectivity index (χ0v) is 12.6. The highest BCUT2D eigenvalue weighted by Gasteiger charge is 2.17. The van der Waals surface area contributed by atoms with Crippen molar-refractivity contribution in [3.05, 3.63) is 28.8 Å². The first-order valence-electron chi connectivity index (χ1n) is 6.69. The molecule has 18 heavy (non-hydrogen) atoms. The van der Waals surface area contributed by atoms with Crippen molar-refractivity contribution in [3.8, 4) is 5.75 Å². The molecule has 0 heterocycles. The molecular formula is C15H24ClNO. The Morgan fingerprint density at radius 2 is 2.06 bits per heavy atom. The van der Waals surface area contributed by atoms with Gasteiger partial charge in [0.25, 0.3) is 0 Å². The van der Waals surface area contributed by atoms with Crippen LogP contribution in [0.5, 0.6) is 5.75 Å². The highest BCUT2D eigenvalue weighted by molar-refractivity contribution is 6.30. The molecule has 0 aliphatic carbocycles. The summed E-state index contributed by atoms with van der Waals surface area (Å²) in [5, 5.41) is 4.29. The molecule has 1 aromatic carbocycles. The van der Waals surface area contributed by atoms with Crippen molar-refractivity contribution in [1.82, 2.24) is 5.32 Å². The fourth-order valence-electron chi connectivity index (χ4n) is 2.11. The lowest BCUT2D eigenvalue weighted by Crippen LogP contribution is -2.23. The highest BCUT2D eigenvalue weighted by Crippen LogP contribution is 2.32. The van der Waals surface area contributed by atoms with E-state index in [1.165, 1.54) is 6.42 Å². The van der Waals surface area contributed by atoms with Gasteiger partial charge in [0.2, 0.25) is 0 Å². The molecular weight excluding hydrogens is 246 g/mol. The van der Waals surface area contributed by atoms with Crippen molar-refractivity contribution >= 4 is 11.6 Å². The topological polar surface area (TPSA) is 21.3 Å². The Kier molecular flexibility index (Phi) is 6.51. The van der Waals surface area contributed by atoms with Gasteiger partial charge < -0.3 is 10.1 Å². The van der Waals surface area contributed by atoms with E-state index >= 15 is 0 Å². The maximum absolute atomic E-state index is 6.11. The quantitative estimate of drug-likeness (QED) is 0.790. The van der Waals surface area contributed by atoms with Crippen molar-refractivity contribution in [2.75, 3.05) is 13.7 Å². The van der Waals surface area contributed by atoms with E-state index in [9.17, 15) is 0 Å². The summed E-state index contributed by atoms with van der Waals surface area (Å²) in [6, 6.07) is 6.13. The summed E-state index contributed by atoms with van der Waals surface area (Å²) in [4.78, 5) is 0. The van der Waals surface area contributed by atoms with Crippen LogP contribution < -0.4 is 10.1 Å². The van der Waals surface area contributed by atoms with Crippen LogP contribution >= 0.6 is 11.6 Å².